The Labute approximate surface area is 108 Å². The Morgan fingerprint density at radius 1 is 1.11 bits per heavy atom. The van der Waals surface area contributed by atoms with Crippen LogP contribution < -0.4 is 5.32 Å². The predicted octanol–water partition coefficient (Wildman–Crippen LogP) is 3.06. The molecule has 0 fully saturated rings. The van der Waals surface area contributed by atoms with E-state index in [1.165, 1.54) is 5.56 Å². The van der Waals surface area contributed by atoms with Crippen LogP contribution in [0.5, 0.6) is 0 Å². The Morgan fingerprint density at radius 3 is 2.56 bits per heavy atom. The zero-order chi connectivity index (χ0) is 12.8. The molecule has 2 aromatic rings. The van der Waals surface area contributed by atoms with Crippen molar-refractivity contribution < 1.29 is 0 Å². The molecule has 0 bridgehead atoms. The standard InChI is InChI=1S/C15H19N3/c1-3-7-13-11-14(16-2)18-15(17-13)10-12-8-5-4-6-9-12/h4-6,8-9,11H,3,7,10H2,1-2H3,(H,16,17,18). The topological polar surface area (TPSA) is 37.8 Å². The van der Waals surface area contributed by atoms with Crippen LogP contribution in [0.4, 0.5) is 5.82 Å². The lowest BCUT2D eigenvalue weighted by Gasteiger charge is -2.07. The van der Waals surface area contributed by atoms with Crippen LogP contribution in [0.25, 0.3) is 0 Å². The molecule has 0 atom stereocenters. The lowest BCUT2D eigenvalue weighted by Crippen LogP contribution is -2.04. The molecule has 0 aliphatic heterocycles. The van der Waals surface area contributed by atoms with E-state index in [9.17, 15) is 0 Å². The van der Waals surface area contributed by atoms with Gasteiger partial charge in [-0.25, -0.2) is 9.97 Å². The first-order valence-corrected chi connectivity index (χ1v) is 6.40. The first-order valence-electron chi connectivity index (χ1n) is 6.40. The maximum atomic E-state index is 4.62. The lowest BCUT2D eigenvalue weighted by atomic mass is 10.1. The quantitative estimate of drug-likeness (QED) is 0.874. The van der Waals surface area contributed by atoms with Gasteiger partial charge in [-0.15, -0.1) is 0 Å². The van der Waals surface area contributed by atoms with E-state index in [2.05, 4.69) is 34.3 Å². The van der Waals surface area contributed by atoms with Gasteiger partial charge in [0.15, 0.2) is 0 Å². The number of rotatable bonds is 5. The van der Waals surface area contributed by atoms with E-state index in [1.54, 1.807) is 0 Å². The van der Waals surface area contributed by atoms with E-state index >= 15 is 0 Å². The molecule has 0 unspecified atom stereocenters. The van der Waals surface area contributed by atoms with Gasteiger partial charge in [0.2, 0.25) is 0 Å². The number of aryl methyl sites for hydroxylation is 1. The molecule has 0 aliphatic rings. The molecule has 3 nitrogen and oxygen atoms in total. The second-order valence-corrected chi connectivity index (χ2v) is 4.32. The van der Waals surface area contributed by atoms with Crippen molar-refractivity contribution in [2.24, 2.45) is 0 Å². The lowest BCUT2D eigenvalue weighted by molar-refractivity contribution is 0.843. The first-order chi connectivity index (χ1) is 8.81. The van der Waals surface area contributed by atoms with E-state index in [1.807, 2.05) is 31.3 Å². The molecule has 0 radical (unpaired) electrons. The summed E-state index contributed by atoms with van der Waals surface area (Å²) in [6.07, 6.45) is 2.89. The van der Waals surface area contributed by atoms with Gasteiger partial charge in [-0.1, -0.05) is 43.7 Å². The molecule has 2 rings (SSSR count). The summed E-state index contributed by atoms with van der Waals surface area (Å²) in [5.41, 5.74) is 2.36. The van der Waals surface area contributed by atoms with Crippen LogP contribution in [0.3, 0.4) is 0 Å². The highest BCUT2D eigenvalue weighted by Crippen LogP contribution is 2.11. The number of anilines is 1. The second-order valence-electron chi connectivity index (χ2n) is 4.32. The van der Waals surface area contributed by atoms with Gasteiger partial charge in [-0.05, 0) is 12.0 Å². The molecule has 1 aromatic carbocycles. The average molecular weight is 241 g/mol. The molecular weight excluding hydrogens is 222 g/mol. The van der Waals surface area contributed by atoms with Crippen LogP contribution >= 0.6 is 0 Å². The molecule has 0 spiro atoms. The fraction of sp³-hybridized carbons (Fsp3) is 0.333. The van der Waals surface area contributed by atoms with Crippen LogP contribution in [0.1, 0.15) is 30.4 Å². The summed E-state index contributed by atoms with van der Waals surface area (Å²) in [5, 5.41) is 3.10. The van der Waals surface area contributed by atoms with Gasteiger partial charge in [0.05, 0.1) is 0 Å². The fourth-order valence-corrected chi connectivity index (χ4v) is 1.92. The molecule has 18 heavy (non-hydrogen) atoms. The second kappa shape index (κ2) is 6.15. The van der Waals surface area contributed by atoms with Gasteiger partial charge in [0.1, 0.15) is 11.6 Å². The van der Waals surface area contributed by atoms with E-state index in [0.717, 1.165) is 36.6 Å². The Kier molecular flexibility index (Phi) is 4.29. The van der Waals surface area contributed by atoms with Crippen LogP contribution in [-0.4, -0.2) is 17.0 Å². The van der Waals surface area contributed by atoms with Gasteiger partial charge >= 0.3 is 0 Å². The summed E-state index contributed by atoms with van der Waals surface area (Å²) >= 11 is 0. The number of benzene rings is 1. The van der Waals surface area contributed by atoms with E-state index < -0.39 is 0 Å². The van der Waals surface area contributed by atoms with Crippen LogP contribution in [0, 0.1) is 0 Å². The van der Waals surface area contributed by atoms with Crippen LogP contribution in [-0.2, 0) is 12.8 Å². The van der Waals surface area contributed by atoms with Crippen molar-refractivity contribution in [3.05, 3.63) is 53.5 Å². The average Bonchev–Trinajstić information content (AvgIpc) is 2.40. The van der Waals surface area contributed by atoms with Crippen molar-refractivity contribution in [1.29, 1.82) is 0 Å². The van der Waals surface area contributed by atoms with Gasteiger partial charge in [-0.2, -0.15) is 0 Å². The number of nitrogens with one attached hydrogen (secondary N) is 1. The highest BCUT2D eigenvalue weighted by atomic mass is 15.0. The summed E-state index contributed by atoms with van der Waals surface area (Å²) < 4.78 is 0. The largest absolute Gasteiger partial charge is 0.373 e. The van der Waals surface area contributed by atoms with Gasteiger partial charge in [0, 0.05) is 25.2 Å². The highest BCUT2D eigenvalue weighted by Gasteiger charge is 2.04. The summed E-state index contributed by atoms with van der Waals surface area (Å²) in [5.74, 6) is 1.79. The molecule has 0 saturated carbocycles. The van der Waals surface area contributed by atoms with Crippen LogP contribution in [0.2, 0.25) is 0 Å². The number of aromatic nitrogens is 2. The Hall–Kier alpha value is -1.90. The number of hydrogen-bond donors (Lipinski definition) is 1. The van der Waals surface area contributed by atoms with E-state index in [-0.39, 0.29) is 0 Å². The Morgan fingerprint density at radius 2 is 1.89 bits per heavy atom. The minimum atomic E-state index is 0.785. The number of nitrogens with zero attached hydrogens (tertiary/aromatic N) is 2. The monoisotopic (exact) mass is 241 g/mol. The molecule has 3 heteroatoms. The third kappa shape index (κ3) is 3.29. The Balaban J connectivity index is 2.24. The third-order valence-corrected chi connectivity index (χ3v) is 2.79. The molecule has 94 valence electrons. The summed E-state index contributed by atoms with van der Waals surface area (Å²) in [7, 11) is 1.89. The maximum Gasteiger partial charge on any atom is 0.135 e. The van der Waals surface area contributed by atoms with Crippen molar-refractivity contribution >= 4 is 5.82 Å². The fourth-order valence-electron chi connectivity index (χ4n) is 1.92. The normalized spacial score (nSPS) is 10.3. The molecular formula is C15H19N3. The zero-order valence-electron chi connectivity index (χ0n) is 11.0. The summed E-state index contributed by atoms with van der Waals surface area (Å²) in [6.45, 7) is 2.16. The first kappa shape index (κ1) is 12.6. The molecule has 0 aliphatic carbocycles. The molecule has 1 aromatic heterocycles. The zero-order valence-corrected chi connectivity index (χ0v) is 11.0. The van der Waals surface area contributed by atoms with E-state index in [4.69, 9.17) is 0 Å². The van der Waals surface area contributed by atoms with Crippen molar-refractivity contribution in [2.45, 2.75) is 26.2 Å². The van der Waals surface area contributed by atoms with Crippen molar-refractivity contribution in [2.75, 3.05) is 12.4 Å². The predicted molar refractivity (Wildman–Crippen MR) is 74.8 cm³/mol. The SMILES string of the molecule is CCCc1cc(NC)nc(Cc2ccccc2)n1. The highest BCUT2D eigenvalue weighted by molar-refractivity contribution is 5.36. The summed E-state index contributed by atoms with van der Waals surface area (Å²) in [4.78, 5) is 9.12. The van der Waals surface area contributed by atoms with Crippen molar-refractivity contribution in [3.63, 3.8) is 0 Å². The van der Waals surface area contributed by atoms with E-state index in [0.29, 0.717) is 0 Å². The minimum Gasteiger partial charge on any atom is -0.373 e. The van der Waals surface area contributed by atoms with Gasteiger partial charge < -0.3 is 5.32 Å². The molecule has 1 heterocycles. The molecule has 0 amide bonds. The smallest absolute Gasteiger partial charge is 0.135 e. The minimum absolute atomic E-state index is 0.785. The summed E-state index contributed by atoms with van der Waals surface area (Å²) in [6, 6.07) is 12.4. The van der Waals surface area contributed by atoms with Crippen molar-refractivity contribution in [1.82, 2.24) is 9.97 Å². The Bertz CT molecular complexity index is 494. The van der Waals surface area contributed by atoms with Gasteiger partial charge in [0.25, 0.3) is 0 Å². The van der Waals surface area contributed by atoms with Crippen molar-refractivity contribution in [3.8, 4) is 0 Å². The van der Waals surface area contributed by atoms with Gasteiger partial charge in [-0.3, -0.25) is 0 Å². The third-order valence-electron chi connectivity index (χ3n) is 2.79. The number of hydrogen-bond acceptors (Lipinski definition) is 3. The van der Waals surface area contributed by atoms with Crippen LogP contribution in [0.15, 0.2) is 36.4 Å². The maximum absolute atomic E-state index is 4.62. The molecule has 0 saturated heterocycles. The molecule has 1 N–H and O–H groups in total.